The molecule has 1 aliphatic heterocycles. The molecule has 0 bridgehead atoms. The summed E-state index contributed by atoms with van der Waals surface area (Å²) >= 11 is 0. The van der Waals surface area contributed by atoms with Crippen LogP contribution in [0.4, 0.5) is 10.5 Å². The molecule has 25 heavy (non-hydrogen) atoms. The van der Waals surface area contributed by atoms with Gasteiger partial charge in [-0.05, 0) is 18.2 Å². The average Bonchev–Trinajstić information content (AvgIpc) is 2.68. The predicted octanol–water partition coefficient (Wildman–Crippen LogP) is 2.79. The Hall–Kier alpha value is -2.86. The summed E-state index contributed by atoms with van der Waals surface area (Å²) in [6, 6.07) is 13.8. The number of rotatable bonds is 4. The van der Waals surface area contributed by atoms with Crippen molar-refractivity contribution in [1.82, 2.24) is 4.90 Å². The minimum atomic E-state index is -0.231. The molecule has 0 aromatic heterocycles. The van der Waals surface area contributed by atoms with Crippen molar-refractivity contribution in [2.45, 2.75) is 0 Å². The molecule has 6 nitrogen and oxygen atoms in total. The molecular weight excluding hydrogens is 320 g/mol. The number of ether oxygens (including phenoxy) is 2. The highest BCUT2D eigenvalue weighted by Gasteiger charge is 2.19. The zero-order valence-corrected chi connectivity index (χ0v) is 14.0. The maximum atomic E-state index is 12.6. The lowest BCUT2D eigenvalue weighted by Gasteiger charge is -2.27. The van der Waals surface area contributed by atoms with Crippen LogP contribution in [0.3, 0.4) is 0 Å². The van der Waals surface area contributed by atoms with Gasteiger partial charge in [0, 0.05) is 24.2 Å². The van der Waals surface area contributed by atoms with Crippen molar-refractivity contribution in [3.05, 3.63) is 59.7 Å². The van der Waals surface area contributed by atoms with Crippen LogP contribution in [0.2, 0.25) is 0 Å². The van der Waals surface area contributed by atoms with Crippen molar-refractivity contribution in [2.75, 3.05) is 38.7 Å². The molecule has 2 aromatic carbocycles. The van der Waals surface area contributed by atoms with E-state index in [2.05, 4.69) is 5.32 Å². The molecule has 0 saturated carbocycles. The van der Waals surface area contributed by atoms with E-state index in [-0.39, 0.29) is 11.8 Å². The van der Waals surface area contributed by atoms with Gasteiger partial charge in [0.15, 0.2) is 5.78 Å². The van der Waals surface area contributed by atoms with Gasteiger partial charge in [-0.15, -0.1) is 0 Å². The SMILES string of the molecule is COc1ccc(C(=O)c2ccccc2)cc1NC(=O)N1CCOCC1. The Balaban J connectivity index is 1.82. The minimum Gasteiger partial charge on any atom is -0.495 e. The first-order valence-corrected chi connectivity index (χ1v) is 8.10. The number of nitrogens with one attached hydrogen (secondary N) is 1. The second kappa shape index (κ2) is 7.81. The molecule has 2 aromatic rings. The lowest BCUT2D eigenvalue weighted by molar-refractivity contribution is 0.0564. The number of methoxy groups -OCH3 is 1. The molecule has 1 aliphatic rings. The van der Waals surface area contributed by atoms with E-state index in [1.54, 1.807) is 35.2 Å². The van der Waals surface area contributed by atoms with Crippen LogP contribution in [0.5, 0.6) is 5.75 Å². The Morgan fingerprint density at radius 3 is 2.44 bits per heavy atom. The largest absolute Gasteiger partial charge is 0.495 e. The Morgan fingerprint density at radius 1 is 1.04 bits per heavy atom. The van der Waals surface area contributed by atoms with E-state index in [9.17, 15) is 9.59 Å². The summed E-state index contributed by atoms with van der Waals surface area (Å²) < 4.78 is 10.6. The molecule has 0 radical (unpaired) electrons. The van der Waals surface area contributed by atoms with E-state index in [0.29, 0.717) is 48.9 Å². The van der Waals surface area contributed by atoms with E-state index >= 15 is 0 Å². The lowest BCUT2D eigenvalue weighted by atomic mass is 10.0. The van der Waals surface area contributed by atoms with Crippen molar-refractivity contribution < 1.29 is 19.1 Å². The zero-order valence-electron chi connectivity index (χ0n) is 14.0. The van der Waals surface area contributed by atoms with Gasteiger partial charge in [0.2, 0.25) is 0 Å². The van der Waals surface area contributed by atoms with Crippen LogP contribution in [-0.2, 0) is 4.74 Å². The number of anilines is 1. The van der Waals surface area contributed by atoms with E-state index in [4.69, 9.17) is 9.47 Å². The van der Waals surface area contributed by atoms with Crippen LogP contribution in [-0.4, -0.2) is 50.1 Å². The second-order valence-electron chi connectivity index (χ2n) is 5.64. The molecule has 0 aliphatic carbocycles. The highest BCUT2D eigenvalue weighted by atomic mass is 16.5. The quantitative estimate of drug-likeness (QED) is 0.869. The fourth-order valence-electron chi connectivity index (χ4n) is 2.66. The fraction of sp³-hybridized carbons (Fsp3) is 0.263. The van der Waals surface area contributed by atoms with E-state index in [0.717, 1.165) is 0 Å². The number of hydrogen-bond acceptors (Lipinski definition) is 4. The van der Waals surface area contributed by atoms with Gasteiger partial charge in [-0.3, -0.25) is 4.79 Å². The summed E-state index contributed by atoms with van der Waals surface area (Å²) in [5, 5.41) is 2.83. The Bertz CT molecular complexity index is 755. The van der Waals surface area contributed by atoms with Crippen LogP contribution in [0.25, 0.3) is 0 Å². The van der Waals surface area contributed by atoms with E-state index < -0.39 is 0 Å². The third-order valence-electron chi connectivity index (χ3n) is 4.04. The molecule has 2 amide bonds. The van der Waals surface area contributed by atoms with Crippen molar-refractivity contribution in [2.24, 2.45) is 0 Å². The second-order valence-corrected chi connectivity index (χ2v) is 5.64. The average molecular weight is 340 g/mol. The number of benzene rings is 2. The number of urea groups is 1. The fourth-order valence-corrected chi connectivity index (χ4v) is 2.66. The third-order valence-corrected chi connectivity index (χ3v) is 4.04. The van der Waals surface area contributed by atoms with Crippen LogP contribution < -0.4 is 10.1 Å². The van der Waals surface area contributed by atoms with E-state index in [1.165, 1.54) is 7.11 Å². The maximum Gasteiger partial charge on any atom is 0.322 e. The summed E-state index contributed by atoms with van der Waals surface area (Å²) in [7, 11) is 1.53. The summed E-state index contributed by atoms with van der Waals surface area (Å²) in [4.78, 5) is 26.7. The van der Waals surface area contributed by atoms with Gasteiger partial charge >= 0.3 is 6.03 Å². The molecule has 1 fully saturated rings. The number of carbonyl (C=O) groups is 2. The highest BCUT2D eigenvalue weighted by molar-refractivity contribution is 6.10. The Kier molecular flexibility index (Phi) is 5.30. The molecule has 0 spiro atoms. The first-order chi connectivity index (χ1) is 12.2. The van der Waals surface area contributed by atoms with Gasteiger partial charge < -0.3 is 19.7 Å². The maximum absolute atomic E-state index is 12.6. The lowest BCUT2D eigenvalue weighted by Crippen LogP contribution is -2.43. The Labute approximate surface area is 146 Å². The summed E-state index contributed by atoms with van der Waals surface area (Å²) in [6.07, 6.45) is 0. The first-order valence-electron chi connectivity index (χ1n) is 8.10. The number of hydrogen-bond donors (Lipinski definition) is 1. The molecule has 1 N–H and O–H groups in total. The highest BCUT2D eigenvalue weighted by Crippen LogP contribution is 2.27. The number of ketones is 1. The topological polar surface area (TPSA) is 67.9 Å². The van der Waals surface area contributed by atoms with Crippen LogP contribution in [0, 0.1) is 0 Å². The van der Waals surface area contributed by atoms with Gasteiger partial charge in [0.25, 0.3) is 0 Å². The normalized spacial score (nSPS) is 14.0. The number of morpholine rings is 1. The number of amides is 2. The molecule has 3 rings (SSSR count). The van der Waals surface area contributed by atoms with Crippen LogP contribution >= 0.6 is 0 Å². The molecule has 1 saturated heterocycles. The summed E-state index contributed by atoms with van der Waals surface area (Å²) in [5.41, 5.74) is 1.56. The molecular formula is C19H20N2O4. The van der Waals surface area contributed by atoms with Crippen molar-refractivity contribution in [3.8, 4) is 5.75 Å². The summed E-state index contributed by atoms with van der Waals surface area (Å²) in [5.74, 6) is 0.399. The van der Waals surface area contributed by atoms with Gasteiger partial charge in [-0.2, -0.15) is 0 Å². The first kappa shape index (κ1) is 17.0. The van der Waals surface area contributed by atoms with Crippen molar-refractivity contribution in [3.63, 3.8) is 0 Å². The molecule has 0 unspecified atom stereocenters. The van der Waals surface area contributed by atoms with Gasteiger partial charge in [0.05, 0.1) is 26.0 Å². The smallest absolute Gasteiger partial charge is 0.322 e. The molecule has 0 atom stereocenters. The molecule has 130 valence electrons. The third kappa shape index (κ3) is 3.97. The summed E-state index contributed by atoms with van der Waals surface area (Å²) in [6.45, 7) is 2.13. The van der Waals surface area contributed by atoms with Crippen molar-refractivity contribution >= 4 is 17.5 Å². The minimum absolute atomic E-state index is 0.106. The standard InChI is InChI=1S/C19H20N2O4/c1-24-17-8-7-15(18(22)14-5-3-2-4-6-14)13-16(17)20-19(23)21-9-11-25-12-10-21/h2-8,13H,9-12H2,1H3,(H,20,23). The van der Waals surface area contributed by atoms with E-state index in [1.807, 2.05) is 18.2 Å². The molecule has 6 heteroatoms. The zero-order chi connectivity index (χ0) is 17.6. The number of nitrogens with zero attached hydrogens (tertiary/aromatic N) is 1. The Morgan fingerprint density at radius 2 is 1.76 bits per heavy atom. The van der Waals surface area contributed by atoms with Gasteiger partial charge in [-0.1, -0.05) is 30.3 Å². The van der Waals surface area contributed by atoms with Crippen LogP contribution in [0.15, 0.2) is 48.5 Å². The predicted molar refractivity (Wildman–Crippen MR) is 94.3 cm³/mol. The monoisotopic (exact) mass is 340 g/mol. The number of carbonyl (C=O) groups excluding carboxylic acids is 2. The van der Waals surface area contributed by atoms with Crippen LogP contribution in [0.1, 0.15) is 15.9 Å². The van der Waals surface area contributed by atoms with Gasteiger partial charge in [-0.25, -0.2) is 4.79 Å². The van der Waals surface area contributed by atoms with Crippen molar-refractivity contribution in [1.29, 1.82) is 0 Å². The van der Waals surface area contributed by atoms with Gasteiger partial charge in [0.1, 0.15) is 5.75 Å². The molecule has 1 heterocycles.